The molecule has 0 aliphatic heterocycles. The Kier molecular flexibility index (Phi) is 19.3. The number of guanidine groups is 1. The third kappa shape index (κ3) is 17.9. The van der Waals surface area contributed by atoms with Gasteiger partial charge in [-0.3, -0.25) is 9.79 Å². The average molecular weight is 597 g/mol. The monoisotopic (exact) mass is 596 g/mol. The number of hydrogen-bond donors (Lipinski definition) is 8. The van der Waals surface area contributed by atoms with Gasteiger partial charge >= 0.3 is 23.9 Å². The quantitative estimate of drug-likeness (QED) is 0.0262. The Balaban J connectivity index is 0.000000837. The number of nitrogens with zero attached hydrogens (tertiary/aromatic N) is 1. The van der Waals surface area contributed by atoms with E-state index in [0.717, 1.165) is 18.4 Å². The number of carbonyl (C=O) groups excluding carboxylic acids is 3. The Morgan fingerprint density at radius 3 is 1.88 bits per heavy atom. The second kappa shape index (κ2) is 21.1. The zero-order valence-electron chi connectivity index (χ0n) is 24.4. The summed E-state index contributed by atoms with van der Waals surface area (Å²) in [6.45, 7) is 4.82. The molecule has 0 unspecified atom stereocenters. The Labute approximate surface area is 246 Å². The number of esters is 3. The van der Waals surface area contributed by atoms with Crippen molar-refractivity contribution in [1.82, 2.24) is 0 Å². The van der Waals surface area contributed by atoms with Crippen LogP contribution in [0.2, 0.25) is 0 Å². The van der Waals surface area contributed by atoms with Crippen molar-refractivity contribution in [1.29, 1.82) is 0 Å². The normalized spacial score (nSPS) is 13.5. The van der Waals surface area contributed by atoms with Crippen molar-refractivity contribution in [2.24, 2.45) is 51.0 Å². The summed E-state index contributed by atoms with van der Waals surface area (Å²) >= 11 is 0. The highest BCUT2D eigenvalue weighted by Gasteiger charge is 2.23. The molecule has 15 heteroatoms. The molecule has 1 rings (SSSR count). The minimum Gasteiger partial charge on any atom is -0.480 e. The van der Waals surface area contributed by atoms with E-state index < -0.39 is 48.0 Å². The van der Waals surface area contributed by atoms with Crippen LogP contribution >= 0.6 is 0 Å². The van der Waals surface area contributed by atoms with Gasteiger partial charge in [0.05, 0.1) is 0 Å². The van der Waals surface area contributed by atoms with Gasteiger partial charge in [0.1, 0.15) is 29.9 Å². The van der Waals surface area contributed by atoms with Crippen LogP contribution < -0.4 is 44.9 Å². The van der Waals surface area contributed by atoms with Gasteiger partial charge in [-0.25, -0.2) is 14.4 Å². The van der Waals surface area contributed by atoms with Crippen LogP contribution in [0, 0.1) is 5.92 Å². The first-order chi connectivity index (χ1) is 19.7. The molecule has 0 saturated heterocycles. The molecule has 15 nitrogen and oxygen atoms in total. The fourth-order valence-corrected chi connectivity index (χ4v) is 3.34. The number of aliphatic carboxylic acids is 1. The summed E-state index contributed by atoms with van der Waals surface area (Å²) in [4.78, 5) is 49.3. The number of carboxylic acids is 1. The fourth-order valence-electron chi connectivity index (χ4n) is 3.34. The maximum atomic E-state index is 11.9. The summed E-state index contributed by atoms with van der Waals surface area (Å²) in [5.74, 6) is -2.46. The molecule has 0 fully saturated rings. The maximum absolute atomic E-state index is 11.9. The lowest BCUT2D eigenvalue weighted by atomic mass is 10.0. The van der Waals surface area contributed by atoms with Gasteiger partial charge in [-0.2, -0.15) is 0 Å². The molecule has 0 aliphatic carbocycles. The van der Waals surface area contributed by atoms with E-state index in [1.165, 1.54) is 0 Å². The van der Waals surface area contributed by atoms with Gasteiger partial charge in [-0.1, -0.05) is 32.4 Å². The van der Waals surface area contributed by atoms with Crippen LogP contribution in [0.25, 0.3) is 0 Å². The second-order valence-corrected chi connectivity index (χ2v) is 10.1. The molecule has 0 heterocycles. The van der Waals surface area contributed by atoms with Crippen molar-refractivity contribution < 1.29 is 33.8 Å². The van der Waals surface area contributed by atoms with E-state index in [1.807, 2.05) is 13.8 Å². The van der Waals surface area contributed by atoms with Crippen LogP contribution in [0.4, 0.5) is 0 Å². The topological polar surface area (TPSA) is 301 Å². The Morgan fingerprint density at radius 2 is 1.36 bits per heavy atom. The molecule has 42 heavy (non-hydrogen) atoms. The highest BCUT2D eigenvalue weighted by molar-refractivity contribution is 5.90. The standard InChI is InChI=1S/C15H23N5O4.C12H25N3O3/c16-11(2-1-7-20-15(18)19)14(23)24-10-5-3-9(4-6-10)8-12(17)13(21)22;1-8(2)7-10(15)12(17)18-11(16)9(14)5-3-4-6-13/h3-6,11-12H,1-2,7-8,16-17H2,(H,21,22)(H4,18,19,20);8-10H,3-7,13-15H2,1-2H3/t11-,12-;9-,10-/m00/s1. The molecule has 1 aromatic carbocycles. The van der Waals surface area contributed by atoms with Crippen LogP contribution in [0.5, 0.6) is 5.75 Å². The Bertz CT molecular complexity index is 1000. The summed E-state index contributed by atoms with van der Waals surface area (Å²) in [6, 6.07) is 3.11. The van der Waals surface area contributed by atoms with Gasteiger partial charge in [-0.05, 0) is 68.7 Å². The lowest BCUT2D eigenvalue weighted by molar-refractivity contribution is -0.162. The van der Waals surface area contributed by atoms with Gasteiger partial charge < -0.3 is 54.7 Å². The van der Waals surface area contributed by atoms with Crippen molar-refractivity contribution in [3.05, 3.63) is 29.8 Å². The van der Waals surface area contributed by atoms with Crippen LogP contribution in [0.1, 0.15) is 57.9 Å². The summed E-state index contributed by atoms with van der Waals surface area (Å²) in [5.41, 5.74) is 38.9. The zero-order chi connectivity index (χ0) is 32.2. The van der Waals surface area contributed by atoms with E-state index in [-0.39, 0.29) is 18.3 Å². The van der Waals surface area contributed by atoms with Gasteiger partial charge in [0.25, 0.3) is 0 Å². The van der Waals surface area contributed by atoms with Gasteiger partial charge in [-0.15, -0.1) is 0 Å². The number of unbranched alkanes of at least 4 members (excludes halogenated alkanes) is 1. The molecular formula is C27H48N8O7. The van der Waals surface area contributed by atoms with Crippen LogP contribution in [-0.4, -0.2) is 72.2 Å². The molecule has 0 saturated carbocycles. The van der Waals surface area contributed by atoms with E-state index in [2.05, 4.69) is 9.73 Å². The summed E-state index contributed by atoms with van der Waals surface area (Å²) in [7, 11) is 0. The molecule has 0 radical (unpaired) electrons. The van der Waals surface area contributed by atoms with Crippen molar-refractivity contribution in [2.75, 3.05) is 13.1 Å². The van der Waals surface area contributed by atoms with E-state index in [4.69, 9.17) is 50.0 Å². The highest BCUT2D eigenvalue weighted by atomic mass is 16.6. The summed E-state index contributed by atoms with van der Waals surface area (Å²) in [6.07, 6.45) is 3.60. The maximum Gasteiger partial charge on any atom is 0.330 e. The minimum atomic E-state index is -1.07. The first-order valence-corrected chi connectivity index (χ1v) is 13.7. The van der Waals surface area contributed by atoms with E-state index >= 15 is 0 Å². The summed E-state index contributed by atoms with van der Waals surface area (Å²) in [5, 5.41) is 8.77. The number of hydrogen-bond acceptors (Lipinski definition) is 12. The largest absolute Gasteiger partial charge is 0.480 e. The molecule has 0 aliphatic rings. The van der Waals surface area contributed by atoms with E-state index in [0.29, 0.717) is 44.5 Å². The fraction of sp³-hybridized carbons (Fsp3) is 0.593. The number of carboxylic acid groups (broad SMARTS) is 1. The number of carbonyl (C=O) groups is 4. The van der Waals surface area contributed by atoms with Crippen molar-refractivity contribution in [2.45, 2.75) is 83.0 Å². The van der Waals surface area contributed by atoms with Gasteiger partial charge in [0.15, 0.2) is 5.96 Å². The highest BCUT2D eigenvalue weighted by Crippen LogP contribution is 2.14. The van der Waals surface area contributed by atoms with Gasteiger partial charge in [0.2, 0.25) is 0 Å². The average Bonchev–Trinajstić information content (AvgIpc) is 2.91. The van der Waals surface area contributed by atoms with Crippen LogP contribution in [-0.2, 0) is 30.3 Å². The molecule has 238 valence electrons. The molecular weight excluding hydrogens is 548 g/mol. The molecule has 0 amide bonds. The smallest absolute Gasteiger partial charge is 0.330 e. The van der Waals surface area contributed by atoms with Crippen LogP contribution in [0.15, 0.2) is 29.3 Å². The second-order valence-electron chi connectivity index (χ2n) is 10.1. The zero-order valence-corrected chi connectivity index (χ0v) is 24.4. The molecule has 0 bridgehead atoms. The van der Waals surface area contributed by atoms with E-state index in [9.17, 15) is 19.2 Å². The third-order valence-electron chi connectivity index (χ3n) is 5.69. The Morgan fingerprint density at radius 1 is 0.810 bits per heavy atom. The van der Waals surface area contributed by atoms with Crippen molar-refractivity contribution >= 4 is 29.8 Å². The predicted molar refractivity (Wildman–Crippen MR) is 159 cm³/mol. The third-order valence-corrected chi connectivity index (χ3v) is 5.69. The molecule has 15 N–H and O–H groups in total. The number of ether oxygens (including phenoxy) is 2. The molecule has 0 spiro atoms. The number of nitrogens with two attached hydrogens (primary N) is 7. The molecule has 1 aromatic rings. The van der Waals surface area contributed by atoms with Crippen molar-refractivity contribution in [3.8, 4) is 5.75 Å². The Hall–Kier alpha value is -3.63. The van der Waals surface area contributed by atoms with Gasteiger partial charge in [0, 0.05) is 6.54 Å². The van der Waals surface area contributed by atoms with Crippen molar-refractivity contribution in [3.63, 3.8) is 0 Å². The number of rotatable bonds is 17. The molecule has 0 aromatic heterocycles. The van der Waals surface area contributed by atoms with Crippen LogP contribution in [0.3, 0.4) is 0 Å². The van der Waals surface area contributed by atoms with E-state index in [1.54, 1.807) is 24.3 Å². The lowest BCUT2D eigenvalue weighted by Crippen LogP contribution is -2.40. The lowest BCUT2D eigenvalue weighted by Gasteiger charge is -2.14. The first kappa shape index (κ1) is 38.4. The number of aliphatic imine (C=N–C) groups is 1. The SMILES string of the molecule is CC(C)C[C@H](N)C(=O)OC(=O)[C@@H](N)CCCCN.NC(N)=NCCC[C@H](N)C(=O)Oc1ccc(C[C@H](N)C(=O)O)cc1. The minimum absolute atomic E-state index is 0.00569. The number of benzene rings is 1. The first-order valence-electron chi connectivity index (χ1n) is 13.7. The molecule has 4 atom stereocenters. The predicted octanol–water partition coefficient (Wildman–Crippen LogP) is -1.19. The summed E-state index contributed by atoms with van der Waals surface area (Å²) < 4.78 is 9.81.